The summed E-state index contributed by atoms with van der Waals surface area (Å²) in [5.74, 6) is -0.0726. The Labute approximate surface area is 149 Å². The van der Waals surface area contributed by atoms with Gasteiger partial charge in [-0.3, -0.25) is 19.7 Å². The molecule has 0 saturated carbocycles. The molecule has 2 rings (SSSR count). The summed E-state index contributed by atoms with van der Waals surface area (Å²) in [5.41, 5.74) is 1.32. The smallest absolute Gasteiger partial charge is 0.269 e. The summed E-state index contributed by atoms with van der Waals surface area (Å²) in [4.78, 5) is 34.2. The molecule has 2 aromatic carbocycles. The van der Waals surface area contributed by atoms with Gasteiger partial charge in [-0.25, -0.2) is 0 Å². The lowest BCUT2D eigenvalue weighted by Gasteiger charge is -2.07. The number of hydrogen-bond acceptors (Lipinski definition) is 5. The number of nitrogens with zero attached hydrogens (tertiary/aromatic N) is 1. The number of benzene rings is 2. The number of thioether (sulfide) groups is 1. The zero-order chi connectivity index (χ0) is 18.2. The SMILES string of the molecule is CCC(=O)Nc1ccc(NC(=O)CSc2ccc([N+](=O)[O-])cc2)cc1. The standard InChI is InChI=1S/C17H17N3O4S/c1-2-16(21)18-12-3-5-13(6-4-12)19-17(22)11-25-15-9-7-14(8-10-15)20(23)24/h3-10H,2,11H2,1H3,(H,18,21)(H,19,22). The molecule has 0 saturated heterocycles. The highest BCUT2D eigenvalue weighted by atomic mass is 32.2. The fourth-order valence-electron chi connectivity index (χ4n) is 1.90. The van der Waals surface area contributed by atoms with Crippen molar-refractivity contribution in [1.29, 1.82) is 0 Å². The Morgan fingerprint density at radius 3 is 1.96 bits per heavy atom. The molecule has 0 bridgehead atoms. The fraction of sp³-hybridized carbons (Fsp3) is 0.176. The molecule has 0 aliphatic heterocycles. The van der Waals surface area contributed by atoms with Gasteiger partial charge in [0.05, 0.1) is 10.7 Å². The van der Waals surface area contributed by atoms with E-state index in [1.165, 1.54) is 23.9 Å². The van der Waals surface area contributed by atoms with Crippen molar-refractivity contribution in [2.24, 2.45) is 0 Å². The number of carbonyl (C=O) groups excluding carboxylic acids is 2. The first kappa shape index (κ1) is 18.5. The van der Waals surface area contributed by atoms with Crippen LogP contribution in [0, 0.1) is 10.1 Å². The maximum absolute atomic E-state index is 12.0. The highest BCUT2D eigenvalue weighted by Gasteiger charge is 2.07. The van der Waals surface area contributed by atoms with Gasteiger partial charge in [-0.1, -0.05) is 6.92 Å². The van der Waals surface area contributed by atoms with Crippen molar-refractivity contribution >= 4 is 40.6 Å². The Hall–Kier alpha value is -2.87. The summed E-state index contributed by atoms with van der Waals surface area (Å²) in [7, 11) is 0. The number of nitro groups is 1. The summed E-state index contributed by atoms with van der Waals surface area (Å²) in [6.45, 7) is 1.77. The van der Waals surface area contributed by atoms with Crippen LogP contribution < -0.4 is 10.6 Å². The summed E-state index contributed by atoms with van der Waals surface area (Å²) >= 11 is 1.29. The van der Waals surface area contributed by atoms with Gasteiger partial charge in [-0.15, -0.1) is 11.8 Å². The number of nitro benzene ring substituents is 1. The Morgan fingerprint density at radius 1 is 0.960 bits per heavy atom. The lowest BCUT2D eigenvalue weighted by Crippen LogP contribution is -2.14. The van der Waals surface area contributed by atoms with Crippen molar-refractivity contribution < 1.29 is 14.5 Å². The molecule has 0 aliphatic rings. The maximum atomic E-state index is 12.0. The molecule has 0 spiro atoms. The van der Waals surface area contributed by atoms with Crippen LogP contribution in [0.4, 0.5) is 17.1 Å². The van der Waals surface area contributed by atoms with Crippen LogP contribution in [0.15, 0.2) is 53.4 Å². The van der Waals surface area contributed by atoms with E-state index in [-0.39, 0.29) is 23.3 Å². The van der Waals surface area contributed by atoms with Crippen molar-refractivity contribution in [2.75, 3.05) is 16.4 Å². The number of rotatable bonds is 7. The number of hydrogen-bond donors (Lipinski definition) is 2. The third kappa shape index (κ3) is 5.92. The topological polar surface area (TPSA) is 101 Å². The molecular weight excluding hydrogens is 342 g/mol. The van der Waals surface area contributed by atoms with Gasteiger partial charge in [0, 0.05) is 34.8 Å². The van der Waals surface area contributed by atoms with E-state index in [0.717, 1.165) is 4.90 Å². The summed E-state index contributed by atoms with van der Waals surface area (Å²) in [6.07, 6.45) is 0.401. The molecule has 0 atom stereocenters. The van der Waals surface area contributed by atoms with E-state index in [2.05, 4.69) is 10.6 Å². The van der Waals surface area contributed by atoms with Gasteiger partial charge in [0.25, 0.3) is 5.69 Å². The Balaban J connectivity index is 1.83. The minimum atomic E-state index is -0.465. The van der Waals surface area contributed by atoms with Crippen molar-refractivity contribution in [2.45, 2.75) is 18.2 Å². The number of non-ortho nitro benzene ring substituents is 1. The Kier molecular flexibility index (Phi) is 6.53. The van der Waals surface area contributed by atoms with Crippen LogP contribution in [-0.4, -0.2) is 22.5 Å². The highest BCUT2D eigenvalue weighted by molar-refractivity contribution is 8.00. The van der Waals surface area contributed by atoms with Gasteiger partial charge < -0.3 is 10.6 Å². The normalized spacial score (nSPS) is 10.1. The lowest BCUT2D eigenvalue weighted by molar-refractivity contribution is -0.384. The first-order valence-electron chi connectivity index (χ1n) is 7.55. The molecule has 0 radical (unpaired) electrons. The summed E-state index contributed by atoms with van der Waals surface area (Å²) in [5, 5.41) is 16.1. The number of anilines is 2. The molecular formula is C17H17N3O4S. The van der Waals surface area contributed by atoms with E-state index in [4.69, 9.17) is 0 Å². The molecule has 0 aromatic heterocycles. The first-order valence-corrected chi connectivity index (χ1v) is 8.53. The van der Waals surface area contributed by atoms with E-state index in [9.17, 15) is 19.7 Å². The second kappa shape index (κ2) is 8.84. The van der Waals surface area contributed by atoms with Gasteiger partial charge in [0.1, 0.15) is 0 Å². The Morgan fingerprint density at radius 2 is 1.48 bits per heavy atom. The summed E-state index contributed by atoms with van der Waals surface area (Å²) in [6, 6.07) is 12.9. The predicted molar refractivity (Wildman–Crippen MR) is 97.8 cm³/mol. The number of amides is 2. The molecule has 25 heavy (non-hydrogen) atoms. The molecule has 2 aromatic rings. The Bertz CT molecular complexity index is 760. The van der Waals surface area contributed by atoms with Crippen LogP contribution in [0.1, 0.15) is 13.3 Å². The van der Waals surface area contributed by atoms with E-state index in [1.807, 2.05) is 0 Å². The predicted octanol–water partition coefficient (Wildman–Crippen LogP) is 3.67. The van der Waals surface area contributed by atoms with Gasteiger partial charge in [-0.2, -0.15) is 0 Å². The molecule has 0 unspecified atom stereocenters. The molecule has 2 amide bonds. The van der Waals surface area contributed by atoms with E-state index in [0.29, 0.717) is 17.8 Å². The highest BCUT2D eigenvalue weighted by Crippen LogP contribution is 2.22. The van der Waals surface area contributed by atoms with Gasteiger partial charge in [0.15, 0.2) is 0 Å². The van der Waals surface area contributed by atoms with Gasteiger partial charge in [0.2, 0.25) is 11.8 Å². The van der Waals surface area contributed by atoms with E-state index >= 15 is 0 Å². The third-order valence-corrected chi connectivity index (χ3v) is 4.20. The van der Waals surface area contributed by atoms with Crippen LogP contribution in [0.2, 0.25) is 0 Å². The van der Waals surface area contributed by atoms with Crippen molar-refractivity contribution in [3.63, 3.8) is 0 Å². The second-order valence-corrected chi connectivity index (χ2v) is 6.12. The molecule has 0 aliphatic carbocycles. The average molecular weight is 359 g/mol. The van der Waals surface area contributed by atoms with E-state index < -0.39 is 4.92 Å². The maximum Gasteiger partial charge on any atom is 0.269 e. The van der Waals surface area contributed by atoms with Gasteiger partial charge in [-0.05, 0) is 36.4 Å². The van der Waals surface area contributed by atoms with Crippen LogP contribution in [-0.2, 0) is 9.59 Å². The van der Waals surface area contributed by atoms with Crippen LogP contribution in [0.5, 0.6) is 0 Å². The zero-order valence-corrected chi connectivity index (χ0v) is 14.3. The minimum absolute atomic E-state index is 0.0176. The van der Waals surface area contributed by atoms with Crippen LogP contribution in [0.3, 0.4) is 0 Å². The fourth-order valence-corrected chi connectivity index (χ4v) is 2.59. The average Bonchev–Trinajstić information content (AvgIpc) is 2.62. The molecule has 7 nitrogen and oxygen atoms in total. The van der Waals surface area contributed by atoms with Crippen molar-refractivity contribution in [1.82, 2.24) is 0 Å². The number of nitrogens with one attached hydrogen (secondary N) is 2. The quantitative estimate of drug-likeness (QED) is 0.446. The first-order chi connectivity index (χ1) is 12.0. The molecule has 2 N–H and O–H groups in total. The monoisotopic (exact) mass is 359 g/mol. The largest absolute Gasteiger partial charge is 0.326 e. The summed E-state index contributed by atoms with van der Waals surface area (Å²) < 4.78 is 0. The minimum Gasteiger partial charge on any atom is -0.326 e. The molecule has 8 heteroatoms. The third-order valence-electron chi connectivity index (χ3n) is 3.19. The molecule has 130 valence electrons. The van der Waals surface area contributed by atoms with E-state index in [1.54, 1.807) is 43.3 Å². The zero-order valence-electron chi connectivity index (χ0n) is 13.5. The molecule has 0 heterocycles. The van der Waals surface area contributed by atoms with Crippen molar-refractivity contribution in [3.8, 4) is 0 Å². The molecule has 0 fully saturated rings. The van der Waals surface area contributed by atoms with Gasteiger partial charge >= 0.3 is 0 Å². The van der Waals surface area contributed by atoms with Crippen molar-refractivity contribution in [3.05, 3.63) is 58.6 Å². The second-order valence-electron chi connectivity index (χ2n) is 5.07. The van der Waals surface area contributed by atoms with Crippen LogP contribution >= 0.6 is 11.8 Å². The lowest BCUT2D eigenvalue weighted by atomic mass is 10.2. The number of carbonyl (C=O) groups is 2. The van der Waals surface area contributed by atoms with Crippen LogP contribution in [0.25, 0.3) is 0 Å².